The standard InChI is InChI=1S/C15H22O/c1-13-11-12-15(16-13)10-6-5-9-14-7-3-2-4-8-14/h2-4,7-8,13,15H,5-6,9-12H2,1H3. The Hall–Kier alpha value is -0.820. The first kappa shape index (κ1) is 11.7. The Labute approximate surface area is 98.8 Å². The molecule has 0 amide bonds. The predicted octanol–water partition coefficient (Wildman–Crippen LogP) is 3.97. The van der Waals surface area contributed by atoms with Crippen LogP contribution in [-0.2, 0) is 11.2 Å². The average Bonchev–Trinajstić information content (AvgIpc) is 2.72. The second kappa shape index (κ2) is 6.05. The molecule has 16 heavy (non-hydrogen) atoms. The summed E-state index contributed by atoms with van der Waals surface area (Å²) in [5, 5.41) is 0. The van der Waals surface area contributed by atoms with E-state index in [9.17, 15) is 0 Å². The molecule has 1 fully saturated rings. The van der Waals surface area contributed by atoms with Crippen molar-refractivity contribution in [3.8, 4) is 0 Å². The third kappa shape index (κ3) is 3.64. The van der Waals surface area contributed by atoms with Gasteiger partial charge in [0, 0.05) is 0 Å². The number of aryl methyl sites for hydroxylation is 1. The zero-order chi connectivity index (χ0) is 11.2. The number of hydrogen-bond acceptors (Lipinski definition) is 1. The SMILES string of the molecule is CC1CCC(CCCCc2ccccc2)O1. The predicted molar refractivity (Wildman–Crippen MR) is 67.6 cm³/mol. The van der Waals surface area contributed by atoms with E-state index in [1.165, 1.54) is 44.1 Å². The number of benzene rings is 1. The van der Waals surface area contributed by atoms with E-state index < -0.39 is 0 Å². The average molecular weight is 218 g/mol. The summed E-state index contributed by atoms with van der Waals surface area (Å²) in [6, 6.07) is 10.8. The van der Waals surface area contributed by atoms with Crippen molar-refractivity contribution in [2.24, 2.45) is 0 Å². The maximum atomic E-state index is 5.81. The molecule has 2 rings (SSSR count). The summed E-state index contributed by atoms with van der Waals surface area (Å²) in [5.41, 5.74) is 1.46. The molecule has 1 heterocycles. The van der Waals surface area contributed by atoms with Crippen LogP contribution in [0.3, 0.4) is 0 Å². The molecule has 1 saturated heterocycles. The molecule has 0 aliphatic carbocycles. The number of ether oxygens (including phenoxy) is 1. The lowest BCUT2D eigenvalue weighted by atomic mass is 10.0. The summed E-state index contributed by atoms with van der Waals surface area (Å²) < 4.78 is 5.81. The van der Waals surface area contributed by atoms with E-state index in [1.807, 2.05) is 0 Å². The first-order valence-electron chi connectivity index (χ1n) is 6.54. The van der Waals surface area contributed by atoms with Crippen molar-refractivity contribution in [2.75, 3.05) is 0 Å². The maximum absolute atomic E-state index is 5.81. The summed E-state index contributed by atoms with van der Waals surface area (Å²) in [4.78, 5) is 0. The van der Waals surface area contributed by atoms with Crippen LogP contribution >= 0.6 is 0 Å². The molecule has 1 aromatic carbocycles. The number of rotatable bonds is 5. The quantitative estimate of drug-likeness (QED) is 0.680. The van der Waals surface area contributed by atoms with Crippen molar-refractivity contribution in [3.05, 3.63) is 35.9 Å². The fraction of sp³-hybridized carbons (Fsp3) is 0.600. The van der Waals surface area contributed by atoms with Crippen molar-refractivity contribution in [2.45, 2.75) is 57.7 Å². The molecule has 0 aromatic heterocycles. The third-order valence-electron chi connectivity index (χ3n) is 3.40. The fourth-order valence-electron chi connectivity index (χ4n) is 2.44. The molecular formula is C15H22O. The first-order valence-corrected chi connectivity index (χ1v) is 6.54. The van der Waals surface area contributed by atoms with Crippen molar-refractivity contribution in [1.29, 1.82) is 0 Å². The van der Waals surface area contributed by atoms with E-state index in [1.54, 1.807) is 0 Å². The summed E-state index contributed by atoms with van der Waals surface area (Å²) in [5.74, 6) is 0. The maximum Gasteiger partial charge on any atom is 0.0579 e. The summed E-state index contributed by atoms with van der Waals surface area (Å²) in [7, 11) is 0. The molecular weight excluding hydrogens is 196 g/mol. The lowest BCUT2D eigenvalue weighted by Crippen LogP contribution is -2.07. The van der Waals surface area contributed by atoms with Gasteiger partial charge in [0.05, 0.1) is 12.2 Å². The van der Waals surface area contributed by atoms with Crippen molar-refractivity contribution in [3.63, 3.8) is 0 Å². The van der Waals surface area contributed by atoms with Crippen LogP contribution in [0, 0.1) is 0 Å². The van der Waals surface area contributed by atoms with E-state index in [0.29, 0.717) is 12.2 Å². The van der Waals surface area contributed by atoms with E-state index >= 15 is 0 Å². The molecule has 1 aliphatic rings. The molecule has 0 bridgehead atoms. The molecule has 2 atom stereocenters. The van der Waals surface area contributed by atoms with Crippen LogP contribution in [0.5, 0.6) is 0 Å². The van der Waals surface area contributed by atoms with Gasteiger partial charge in [-0.05, 0) is 44.6 Å². The molecule has 0 N–H and O–H groups in total. The van der Waals surface area contributed by atoms with Gasteiger partial charge in [-0.25, -0.2) is 0 Å². The largest absolute Gasteiger partial charge is 0.375 e. The summed E-state index contributed by atoms with van der Waals surface area (Å²) in [6.45, 7) is 2.18. The smallest absolute Gasteiger partial charge is 0.0579 e. The molecule has 1 aliphatic heterocycles. The zero-order valence-corrected chi connectivity index (χ0v) is 10.2. The van der Waals surface area contributed by atoms with Gasteiger partial charge in [-0.2, -0.15) is 0 Å². The van der Waals surface area contributed by atoms with Crippen LogP contribution in [0.1, 0.15) is 44.6 Å². The molecule has 0 radical (unpaired) electrons. The van der Waals surface area contributed by atoms with Crippen LogP contribution in [-0.4, -0.2) is 12.2 Å². The van der Waals surface area contributed by atoms with Gasteiger partial charge in [0.2, 0.25) is 0 Å². The van der Waals surface area contributed by atoms with Gasteiger partial charge in [-0.15, -0.1) is 0 Å². The minimum Gasteiger partial charge on any atom is -0.375 e. The van der Waals surface area contributed by atoms with Crippen LogP contribution < -0.4 is 0 Å². The van der Waals surface area contributed by atoms with E-state index in [0.717, 1.165) is 0 Å². The third-order valence-corrected chi connectivity index (χ3v) is 3.40. The van der Waals surface area contributed by atoms with Crippen LogP contribution in [0.15, 0.2) is 30.3 Å². The number of unbranched alkanes of at least 4 members (excludes halogenated alkanes) is 1. The molecule has 1 heteroatoms. The van der Waals surface area contributed by atoms with E-state index in [4.69, 9.17) is 4.74 Å². The van der Waals surface area contributed by atoms with Crippen LogP contribution in [0.25, 0.3) is 0 Å². The second-order valence-electron chi connectivity index (χ2n) is 4.88. The monoisotopic (exact) mass is 218 g/mol. The van der Waals surface area contributed by atoms with Gasteiger partial charge >= 0.3 is 0 Å². The Morgan fingerprint density at radius 2 is 1.94 bits per heavy atom. The Bertz CT molecular complexity index is 294. The molecule has 1 nitrogen and oxygen atoms in total. The van der Waals surface area contributed by atoms with Gasteiger partial charge in [-0.1, -0.05) is 36.8 Å². The highest BCUT2D eigenvalue weighted by molar-refractivity contribution is 5.14. The fourth-order valence-corrected chi connectivity index (χ4v) is 2.44. The highest BCUT2D eigenvalue weighted by Gasteiger charge is 2.20. The normalized spacial score (nSPS) is 24.8. The summed E-state index contributed by atoms with van der Waals surface area (Å²) >= 11 is 0. The van der Waals surface area contributed by atoms with Gasteiger partial charge in [-0.3, -0.25) is 0 Å². The summed E-state index contributed by atoms with van der Waals surface area (Å²) in [6.07, 6.45) is 8.62. The topological polar surface area (TPSA) is 9.23 Å². The highest BCUT2D eigenvalue weighted by Crippen LogP contribution is 2.23. The van der Waals surface area contributed by atoms with Gasteiger partial charge in [0.1, 0.15) is 0 Å². The highest BCUT2D eigenvalue weighted by atomic mass is 16.5. The van der Waals surface area contributed by atoms with Gasteiger partial charge in [0.15, 0.2) is 0 Å². The first-order chi connectivity index (χ1) is 7.84. The van der Waals surface area contributed by atoms with Crippen LogP contribution in [0.4, 0.5) is 0 Å². The van der Waals surface area contributed by atoms with E-state index in [-0.39, 0.29) is 0 Å². The lowest BCUT2D eigenvalue weighted by Gasteiger charge is -2.10. The Morgan fingerprint density at radius 3 is 2.62 bits per heavy atom. The zero-order valence-electron chi connectivity index (χ0n) is 10.2. The van der Waals surface area contributed by atoms with E-state index in [2.05, 4.69) is 37.3 Å². The Kier molecular flexibility index (Phi) is 4.41. The van der Waals surface area contributed by atoms with Crippen molar-refractivity contribution < 1.29 is 4.74 Å². The van der Waals surface area contributed by atoms with Crippen molar-refractivity contribution in [1.82, 2.24) is 0 Å². The van der Waals surface area contributed by atoms with Crippen molar-refractivity contribution >= 4 is 0 Å². The number of hydrogen-bond donors (Lipinski definition) is 0. The minimum absolute atomic E-state index is 0.499. The molecule has 1 aromatic rings. The molecule has 88 valence electrons. The molecule has 2 unspecified atom stereocenters. The lowest BCUT2D eigenvalue weighted by molar-refractivity contribution is 0.0495. The molecule has 0 spiro atoms. The Morgan fingerprint density at radius 1 is 1.12 bits per heavy atom. The molecule has 0 saturated carbocycles. The minimum atomic E-state index is 0.499. The Balaban J connectivity index is 1.59. The van der Waals surface area contributed by atoms with Crippen LogP contribution in [0.2, 0.25) is 0 Å². The second-order valence-corrected chi connectivity index (χ2v) is 4.88. The van der Waals surface area contributed by atoms with Gasteiger partial charge < -0.3 is 4.74 Å². The van der Waals surface area contributed by atoms with Gasteiger partial charge in [0.25, 0.3) is 0 Å².